The van der Waals surface area contributed by atoms with Gasteiger partial charge in [0.15, 0.2) is 10.2 Å². The molecule has 1 rings (SSSR count). The summed E-state index contributed by atoms with van der Waals surface area (Å²) in [7, 11) is 0. The first kappa shape index (κ1) is 16.6. The summed E-state index contributed by atoms with van der Waals surface area (Å²) in [6, 6.07) is -0.112. The Labute approximate surface area is 128 Å². The van der Waals surface area contributed by atoms with E-state index < -0.39 is 12.3 Å². The van der Waals surface area contributed by atoms with E-state index in [4.69, 9.17) is 35.9 Å². The molecular formula is C9H20N8OS2. The fraction of sp³-hybridized carbons (Fsp3) is 0.667. The van der Waals surface area contributed by atoms with E-state index in [2.05, 4.69) is 21.7 Å². The van der Waals surface area contributed by atoms with Crippen molar-refractivity contribution in [3.05, 3.63) is 0 Å². The predicted molar refractivity (Wildman–Crippen MR) is 83.8 cm³/mol. The lowest BCUT2D eigenvalue weighted by atomic mass is 10.3. The molecule has 114 valence electrons. The maximum absolute atomic E-state index is 12.3. The molecule has 1 aliphatic heterocycles. The van der Waals surface area contributed by atoms with Crippen LogP contribution in [-0.4, -0.2) is 51.5 Å². The Morgan fingerprint density at radius 1 is 1.05 bits per heavy atom. The lowest BCUT2D eigenvalue weighted by Crippen LogP contribution is -2.63. The second-order valence-electron chi connectivity index (χ2n) is 4.01. The number of amides is 2. The minimum absolute atomic E-state index is 0.0875. The Bertz CT molecular complexity index is 358. The molecule has 1 fully saturated rings. The van der Waals surface area contributed by atoms with Crippen molar-refractivity contribution in [2.45, 2.75) is 26.2 Å². The molecule has 2 atom stereocenters. The molecular weight excluding hydrogens is 300 g/mol. The topological polar surface area (TPSA) is 124 Å². The Hall–Kier alpha value is -1.43. The summed E-state index contributed by atoms with van der Waals surface area (Å²) in [4.78, 5) is 15.5. The average Bonchev–Trinajstić information content (AvgIpc) is 2.64. The quantitative estimate of drug-likeness (QED) is 0.246. The zero-order valence-electron chi connectivity index (χ0n) is 11.3. The van der Waals surface area contributed by atoms with Crippen LogP contribution in [0.4, 0.5) is 4.79 Å². The van der Waals surface area contributed by atoms with Crippen LogP contribution >= 0.6 is 24.4 Å². The SMILES string of the molecule is CCN1C(=O)N(CC)[C@H](NNC(N)=S)[C@H]1NNC(N)=S. The summed E-state index contributed by atoms with van der Waals surface area (Å²) in [5.41, 5.74) is 21.9. The number of nitrogens with one attached hydrogen (secondary N) is 4. The third-order valence-electron chi connectivity index (χ3n) is 2.83. The standard InChI is InChI=1S/C9H20N8OS2/c1-3-16-5(12-14-7(10)19)6(13-15-8(11)20)17(4-2)9(16)18/h5-6,12-13H,3-4H2,1-2H3,(H3,10,14,19)(H3,11,15,20)/t5-,6-/m0/s1. The van der Waals surface area contributed by atoms with Crippen molar-refractivity contribution in [1.82, 2.24) is 31.5 Å². The molecule has 0 spiro atoms. The van der Waals surface area contributed by atoms with Gasteiger partial charge >= 0.3 is 6.03 Å². The van der Waals surface area contributed by atoms with Crippen molar-refractivity contribution in [3.8, 4) is 0 Å². The van der Waals surface area contributed by atoms with Crippen LogP contribution in [0.2, 0.25) is 0 Å². The molecule has 9 nitrogen and oxygen atoms in total. The summed E-state index contributed by atoms with van der Waals surface area (Å²) < 4.78 is 0. The summed E-state index contributed by atoms with van der Waals surface area (Å²) in [6.45, 7) is 4.81. The molecule has 11 heteroatoms. The van der Waals surface area contributed by atoms with E-state index >= 15 is 0 Å². The van der Waals surface area contributed by atoms with E-state index in [1.807, 2.05) is 13.8 Å². The van der Waals surface area contributed by atoms with Gasteiger partial charge in [-0.05, 0) is 38.3 Å². The van der Waals surface area contributed by atoms with Gasteiger partial charge in [-0.3, -0.25) is 10.9 Å². The van der Waals surface area contributed by atoms with Crippen molar-refractivity contribution in [1.29, 1.82) is 0 Å². The number of nitrogens with two attached hydrogens (primary N) is 2. The molecule has 1 heterocycles. The van der Waals surface area contributed by atoms with Crippen molar-refractivity contribution in [2.24, 2.45) is 11.5 Å². The number of hydrogen-bond donors (Lipinski definition) is 6. The van der Waals surface area contributed by atoms with Crippen LogP contribution in [0.5, 0.6) is 0 Å². The monoisotopic (exact) mass is 320 g/mol. The van der Waals surface area contributed by atoms with Gasteiger partial charge in [0.1, 0.15) is 12.3 Å². The smallest absolute Gasteiger partial charge is 0.322 e. The highest BCUT2D eigenvalue weighted by Gasteiger charge is 2.44. The molecule has 0 aromatic rings. The van der Waals surface area contributed by atoms with Crippen molar-refractivity contribution >= 4 is 40.7 Å². The van der Waals surface area contributed by atoms with E-state index in [1.165, 1.54) is 0 Å². The van der Waals surface area contributed by atoms with E-state index in [9.17, 15) is 4.79 Å². The molecule has 0 aromatic heterocycles. The molecule has 0 saturated carbocycles. The van der Waals surface area contributed by atoms with Crippen LogP contribution in [0.25, 0.3) is 0 Å². The van der Waals surface area contributed by atoms with Gasteiger partial charge in [0.25, 0.3) is 0 Å². The number of hydrazine groups is 2. The van der Waals surface area contributed by atoms with Crippen LogP contribution < -0.4 is 33.2 Å². The van der Waals surface area contributed by atoms with Gasteiger partial charge in [-0.1, -0.05) is 0 Å². The Morgan fingerprint density at radius 2 is 1.40 bits per heavy atom. The van der Waals surface area contributed by atoms with Gasteiger partial charge in [0.05, 0.1) is 0 Å². The third kappa shape index (κ3) is 3.79. The minimum atomic E-state index is -0.393. The average molecular weight is 320 g/mol. The van der Waals surface area contributed by atoms with Crippen LogP contribution in [0, 0.1) is 0 Å². The summed E-state index contributed by atoms with van der Waals surface area (Å²) >= 11 is 9.49. The molecule has 0 unspecified atom stereocenters. The number of carbonyl (C=O) groups is 1. The highest BCUT2D eigenvalue weighted by molar-refractivity contribution is 7.80. The lowest BCUT2D eigenvalue weighted by molar-refractivity contribution is 0.184. The van der Waals surface area contributed by atoms with Gasteiger partial charge in [-0.2, -0.15) is 0 Å². The molecule has 0 radical (unpaired) electrons. The molecule has 20 heavy (non-hydrogen) atoms. The van der Waals surface area contributed by atoms with Crippen LogP contribution in [0.1, 0.15) is 13.8 Å². The van der Waals surface area contributed by atoms with Crippen LogP contribution in [-0.2, 0) is 0 Å². The lowest BCUT2D eigenvalue weighted by Gasteiger charge is -2.29. The van der Waals surface area contributed by atoms with Gasteiger partial charge < -0.3 is 21.3 Å². The zero-order chi connectivity index (χ0) is 15.3. The molecule has 2 amide bonds. The highest BCUT2D eigenvalue weighted by Crippen LogP contribution is 2.18. The fourth-order valence-corrected chi connectivity index (χ4v) is 2.13. The second kappa shape index (κ2) is 7.38. The molecule has 8 N–H and O–H groups in total. The molecule has 0 aromatic carbocycles. The summed E-state index contributed by atoms with van der Waals surface area (Å²) in [6.07, 6.45) is -0.786. The van der Waals surface area contributed by atoms with Crippen molar-refractivity contribution in [2.75, 3.05) is 13.1 Å². The van der Waals surface area contributed by atoms with Gasteiger partial charge in [-0.25, -0.2) is 15.6 Å². The molecule has 1 aliphatic rings. The number of likely N-dealkylation sites (N-methyl/N-ethyl adjacent to an activating group) is 2. The van der Waals surface area contributed by atoms with Gasteiger partial charge in [0.2, 0.25) is 0 Å². The molecule has 0 aliphatic carbocycles. The number of rotatable bonds is 6. The fourth-order valence-electron chi connectivity index (χ4n) is 2.01. The highest BCUT2D eigenvalue weighted by atomic mass is 32.1. The molecule has 1 saturated heterocycles. The van der Waals surface area contributed by atoms with Gasteiger partial charge in [0, 0.05) is 13.1 Å². The first-order chi connectivity index (χ1) is 9.42. The predicted octanol–water partition coefficient (Wildman–Crippen LogP) is -1.91. The van der Waals surface area contributed by atoms with E-state index in [1.54, 1.807) is 9.80 Å². The number of urea groups is 1. The van der Waals surface area contributed by atoms with E-state index in [0.717, 1.165) is 0 Å². The minimum Gasteiger partial charge on any atom is -0.375 e. The molecule has 0 bridgehead atoms. The number of thiocarbonyl (C=S) groups is 2. The maximum atomic E-state index is 12.3. The maximum Gasteiger partial charge on any atom is 0.322 e. The van der Waals surface area contributed by atoms with Crippen LogP contribution in [0.3, 0.4) is 0 Å². The third-order valence-corrected chi connectivity index (χ3v) is 3.03. The first-order valence-electron chi connectivity index (χ1n) is 6.11. The van der Waals surface area contributed by atoms with E-state index in [0.29, 0.717) is 13.1 Å². The van der Waals surface area contributed by atoms with Crippen LogP contribution in [0.15, 0.2) is 0 Å². The first-order valence-corrected chi connectivity index (χ1v) is 6.93. The van der Waals surface area contributed by atoms with Gasteiger partial charge in [-0.15, -0.1) is 0 Å². The Kier molecular flexibility index (Phi) is 6.13. The summed E-state index contributed by atoms with van der Waals surface area (Å²) in [5, 5.41) is 0.175. The number of hydrogen-bond acceptors (Lipinski definition) is 5. The second-order valence-corrected chi connectivity index (χ2v) is 4.89. The Morgan fingerprint density at radius 3 is 1.65 bits per heavy atom. The van der Waals surface area contributed by atoms with Crippen molar-refractivity contribution in [3.63, 3.8) is 0 Å². The normalized spacial score (nSPS) is 22.0. The van der Waals surface area contributed by atoms with E-state index in [-0.39, 0.29) is 16.3 Å². The zero-order valence-corrected chi connectivity index (χ0v) is 13.0. The Balaban J connectivity index is 2.87. The van der Waals surface area contributed by atoms with Crippen molar-refractivity contribution < 1.29 is 4.79 Å². The largest absolute Gasteiger partial charge is 0.375 e. The number of nitrogens with zero attached hydrogens (tertiary/aromatic N) is 2. The number of carbonyl (C=O) groups excluding carboxylic acids is 1. The summed E-state index contributed by atoms with van der Waals surface area (Å²) in [5.74, 6) is 0.